The van der Waals surface area contributed by atoms with Crippen LogP contribution < -0.4 is 11.5 Å². The minimum Gasteiger partial charge on any atom is -0.508 e. The van der Waals surface area contributed by atoms with Crippen molar-refractivity contribution in [2.75, 3.05) is 5.73 Å². The molecule has 0 aliphatic heterocycles. The number of hydrogen-bond acceptors (Lipinski definition) is 4. The Balaban J connectivity index is 2.27. The zero-order valence-electron chi connectivity index (χ0n) is 15.5. The topological polar surface area (TPSA) is 129 Å². The van der Waals surface area contributed by atoms with E-state index >= 15 is 0 Å². The van der Waals surface area contributed by atoms with Crippen LogP contribution in [0.15, 0.2) is 17.7 Å². The van der Waals surface area contributed by atoms with E-state index in [-0.39, 0.29) is 34.0 Å². The third-order valence-electron chi connectivity index (χ3n) is 5.07. The zero-order chi connectivity index (χ0) is 20.1. The van der Waals surface area contributed by atoms with E-state index < -0.39 is 11.6 Å². The molecule has 6 nitrogen and oxygen atoms in total. The maximum Gasteiger partial charge on any atom is 0.252 e. The van der Waals surface area contributed by atoms with Gasteiger partial charge in [0.15, 0.2) is 0 Å². The van der Waals surface area contributed by atoms with Crippen LogP contribution in [0.4, 0.5) is 10.1 Å². The molecule has 1 heterocycles. The zero-order valence-corrected chi connectivity index (χ0v) is 15.5. The molecule has 1 aromatic heterocycles. The van der Waals surface area contributed by atoms with Crippen molar-refractivity contribution in [3.63, 3.8) is 0 Å². The smallest absolute Gasteiger partial charge is 0.252 e. The number of hydrogen-bond donors (Lipinski definition) is 5. The highest BCUT2D eigenvalue weighted by Crippen LogP contribution is 2.48. The van der Waals surface area contributed by atoms with Gasteiger partial charge in [-0.15, -0.1) is 0 Å². The van der Waals surface area contributed by atoms with E-state index in [0.29, 0.717) is 29.7 Å². The lowest BCUT2D eigenvalue weighted by molar-refractivity contribution is 0.100. The third-order valence-corrected chi connectivity index (χ3v) is 5.07. The molecular weight excluding hydrogens is 347 g/mol. The summed E-state index contributed by atoms with van der Waals surface area (Å²) in [5.74, 6) is -0.651. The summed E-state index contributed by atoms with van der Waals surface area (Å²) < 4.78 is 14.6. The number of amides is 1. The van der Waals surface area contributed by atoms with Crippen molar-refractivity contribution in [2.45, 2.75) is 39.3 Å². The van der Waals surface area contributed by atoms with Crippen molar-refractivity contribution in [1.29, 1.82) is 5.41 Å². The van der Waals surface area contributed by atoms with E-state index in [9.17, 15) is 14.3 Å². The number of primary amides is 1. The van der Waals surface area contributed by atoms with E-state index in [2.05, 4.69) is 4.98 Å². The summed E-state index contributed by atoms with van der Waals surface area (Å²) in [7, 11) is 0. The van der Waals surface area contributed by atoms with E-state index in [0.717, 1.165) is 5.56 Å². The highest BCUT2D eigenvalue weighted by atomic mass is 19.1. The molecule has 0 atom stereocenters. The van der Waals surface area contributed by atoms with E-state index in [4.69, 9.17) is 16.9 Å². The molecule has 0 unspecified atom stereocenters. The van der Waals surface area contributed by atoms with Gasteiger partial charge in [-0.1, -0.05) is 6.07 Å². The van der Waals surface area contributed by atoms with Crippen LogP contribution in [-0.4, -0.2) is 27.4 Å². The first-order valence-electron chi connectivity index (χ1n) is 8.64. The highest BCUT2D eigenvalue weighted by molar-refractivity contribution is 6.08. The molecule has 142 valence electrons. The number of alkyl halides is 1. The average molecular weight is 370 g/mol. The van der Waals surface area contributed by atoms with Gasteiger partial charge in [-0.05, 0) is 51.3 Å². The molecule has 2 aromatic rings. The van der Waals surface area contributed by atoms with Gasteiger partial charge < -0.3 is 27.0 Å². The predicted molar refractivity (Wildman–Crippen MR) is 105 cm³/mol. The number of nitrogens with one attached hydrogen (secondary N) is 2. The Bertz CT molecular complexity index is 1000. The third kappa shape index (κ3) is 3.09. The number of allylic oxidation sites excluding steroid dienone is 1. The second kappa shape index (κ2) is 6.26. The molecule has 0 spiro atoms. The normalized spacial score (nSPS) is 15.6. The molecule has 27 heavy (non-hydrogen) atoms. The molecule has 7 N–H and O–H groups in total. The first kappa shape index (κ1) is 18.7. The predicted octanol–water partition coefficient (Wildman–Crippen LogP) is 3.61. The molecule has 3 rings (SSSR count). The van der Waals surface area contributed by atoms with Crippen LogP contribution >= 0.6 is 0 Å². The van der Waals surface area contributed by atoms with Gasteiger partial charge in [0.1, 0.15) is 11.4 Å². The molecule has 1 aromatic carbocycles. The summed E-state index contributed by atoms with van der Waals surface area (Å²) in [4.78, 5) is 15.1. The first-order chi connectivity index (χ1) is 12.6. The number of nitrogens with two attached hydrogens (primary N) is 2. The standard InChI is InChI=1S/C20H23FN4O2/c1-9-4-5-14(26)10(2)15(9)18-17(23)16(19(24)27)13(25-18)8-12(11(3)22)20(21)6-7-20/h4-5,8,22,25-26H,6-7,23H2,1-3H3,(H2,24,27)/b12-8+,22-11?. The lowest BCUT2D eigenvalue weighted by atomic mass is 9.97. The number of carbonyl (C=O) groups is 1. The fourth-order valence-electron chi connectivity index (χ4n) is 3.42. The quantitative estimate of drug-likeness (QED) is 0.516. The molecule has 1 saturated carbocycles. The number of carbonyl (C=O) groups excluding carboxylic acids is 1. The van der Waals surface area contributed by atoms with E-state index in [1.54, 1.807) is 19.1 Å². The Morgan fingerprint density at radius 1 is 1.37 bits per heavy atom. The Hall–Kier alpha value is -3.09. The van der Waals surface area contributed by atoms with Gasteiger partial charge in [-0.3, -0.25) is 4.79 Å². The highest BCUT2D eigenvalue weighted by Gasteiger charge is 2.47. The maximum absolute atomic E-state index is 14.6. The second-order valence-electron chi connectivity index (χ2n) is 7.12. The van der Waals surface area contributed by atoms with E-state index in [1.165, 1.54) is 13.0 Å². The Morgan fingerprint density at radius 3 is 2.52 bits per heavy atom. The van der Waals surface area contributed by atoms with Crippen molar-refractivity contribution in [3.05, 3.63) is 40.1 Å². The number of anilines is 1. The van der Waals surface area contributed by atoms with Gasteiger partial charge >= 0.3 is 0 Å². The van der Waals surface area contributed by atoms with Crippen LogP contribution in [0.5, 0.6) is 5.75 Å². The van der Waals surface area contributed by atoms with Crippen molar-refractivity contribution < 1.29 is 14.3 Å². The largest absolute Gasteiger partial charge is 0.508 e. The maximum atomic E-state index is 14.6. The molecule has 0 radical (unpaired) electrons. The average Bonchev–Trinajstić information content (AvgIpc) is 3.23. The summed E-state index contributed by atoms with van der Waals surface area (Å²) in [6.07, 6.45) is 2.13. The van der Waals surface area contributed by atoms with Crippen LogP contribution in [0.1, 0.15) is 46.9 Å². The molecule has 1 aliphatic rings. The fourth-order valence-corrected chi connectivity index (χ4v) is 3.42. The number of aromatic nitrogens is 1. The summed E-state index contributed by atoms with van der Waals surface area (Å²) in [6.45, 7) is 5.10. The van der Waals surface area contributed by atoms with E-state index in [1.807, 2.05) is 6.92 Å². The molecule has 0 saturated heterocycles. The minimum absolute atomic E-state index is 0.0511. The van der Waals surface area contributed by atoms with Gasteiger partial charge in [-0.25, -0.2) is 4.39 Å². The van der Waals surface area contributed by atoms with Crippen LogP contribution in [0.3, 0.4) is 0 Å². The Kier molecular flexibility index (Phi) is 4.34. The summed E-state index contributed by atoms with van der Waals surface area (Å²) in [5, 5.41) is 18.0. The van der Waals surface area contributed by atoms with Crippen LogP contribution in [0.25, 0.3) is 17.3 Å². The summed E-state index contributed by atoms with van der Waals surface area (Å²) in [5.41, 5.74) is 13.5. The van der Waals surface area contributed by atoms with Crippen LogP contribution in [0, 0.1) is 19.3 Å². The summed E-state index contributed by atoms with van der Waals surface area (Å²) >= 11 is 0. The monoisotopic (exact) mass is 370 g/mol. The van der Waals surface area contributed by atoms with Gasteiger partial charge in [0.25, 0.3) is 5.91 Å². The first-order valence-corrected chi connectivity index (χ1v) is 8.64. The fraction of sp³-hybridized carbons (Fsp3) is 0.300. The molecule has 1 fully saturated rings. The number of benzene rings is 1. The van der Waals surface area contributed by atoms with Crippen molar-refractivity contribution in [1.82, 2.24) is 4.98 Å². The van der Waals surface area contributed by atoms with Gasteiger partial charge in [-0.2, -0.15) is 0 Å². The number of H-pyrrole nitrogens is 1. The van der Waals surface area contributed by atoms with Crippen molar-refractivity contribution in [3.8, 4) is 17.0 Å². The number of aryl methyl sites for hydroxylation is 1. The number of rotatable bonds is 5. The lowest BCUT2D eigenvalue weighted by Crippen LogP contribution is -2.15. The molecular formula is C20H23FN4O2. The number of aromatic hydroxyl groups is 1. The molecule has 1 amide bonds. The SMILES string of the molecule is CC(=N)/C(=C\c1[nH]c(-c2c(C)ccc(O)c2C)c(N)c1C(N)=O)C1(F)CC1. The Morgan fingerprint density at radius 2 is 2.00 bits per heavy atom. The number of halogens is 1. The summed E-state index contributed by atoms with van der Waals surface area (Å²) in [6, 6.07) is 3.32. The Labute approximate surface area is 156 Å². The molecule has 1 aliphatic carbocycles. The molecule has 0 bridgehead atoms. The number of nitrogen functional groups attached to an aromatic ring is 1. The van der Waals surface area contributed by atoms with Gasteiger partial charge in [0.05, 0.1) is 22.6 Å². The lowest BCUT2D eigenvalue weighted by Gasteiger charge is -2.11. The van der Waals surface area contributed by atoms with Crippen LogP contribution in [0.2, 0.25) is 0 Å². The minimum atomic E-state index is -1.54. The number of phenolic OH excluding ortho intramolecular Hbond substituents is 1. The number of aromatic amines is 1. The van der Waals surface area contributed by atoms with Gasteiger partial charge in [0, 0.05) is 22.4 Å². The van der Waals surface area contributed by atoms with Crippen molar-refractivity contribution in [2.24, 2.45) is 5.73 Å². The molecule has 7 heteroatoms. The second-order valence-corrected chi connectivity index (χ2v) is 7.12. The van der Waals surface area contributed by atoms with Crippen LogP contribution in [-0.2, 0) is 0 Å². The number of phenols is 1. The van der Waals surface area contributed by atoms with Crippen molar-refractivity contribution >= 4 is 23.4 Å². The van der Waals surface area contributed by atoms with Gasteiger partial charge in [0.2, 0.25) is 0 Å².